The Morgan fingerprint density at radius 3 is 2.62 bits per heavy atom. The van der Waals surface area contributed by atoms with Crippen molar-refractivity contribution in [1.29, 1.82) is 0 Å². The lowest BCUT2D eigenvalue weighted by atomic mass is 10.1. The van der Waals surface area contributed by atoms with Gasteiger partial charge in [-0.15, -0.1) is 0 Å². The molecule has 5 N–H and O–H groups in total. The number of rotatable bonds is 7. The van der Waals surface area contributed by atoms with Crippen molar-refractivity contribution in [3.05, 3.63) is 65.2 Å². The zero-order valence-corrected chi connectivity index (χ0v) is 12.9. The van der Waals surface area contributed by atoms with Gasteiger partial charge >= 0.3 is 5.97 Å². The third kappa shape index (κ3) is 5.13. The molecule has 0 saturated carbocycles. The topological polar surface area (TPSA) is 117 Å². The first-order valence-electron chi connectivity index (χ1n) is 7.24. The Morgan fingerprint density at radius 2 is 1.88 bits per heavy atom. The third-order valence-corrected chi connectivity index (χ3v) is 3.23. The fourth-order valence-electron chi connectivity index (χ4n) is 2.17. The van der Waals surface area contributed by atoms with E-state index in [9.17, 15) is 9.59 Å². The zero-order valence-electron chi connectivity index (χ0n) is 12.9. The number of nitrogens with two attached hydrogens (primary N) is 1. The Hall–Kier alpha value is -3.35. The lowest BCUT2D eigenvalue weighted by Crippen LogP contribution is -2.23. The number of nitrogens with one attached hydrogen (secondary N) is 2. The molecule has 1 amide bonds. The van der Waals surface area contributed by atoms with Crippen LogP contribution in [0, 0.1) is 0 Å². The minimum atomic E-state index is -0.887. The summed E-state index contributed by atoms with van der Waals surface area (Å²) in [6.07, 6.45) is 1.28. The molecule has 0 fully saturated rings. The molecule has 0 heterocycles. The Kier molecular flexibility index (Phi) is 5.90. The summed E-state index contributed by atoms with van der Waals surface area (Å²) in [6, 6.07) is 14.0. The van der Waals surface area contributed by atoms with Gasteiger partial charge in [0.1, 0.15) is 6.34 Å². The van der Waals surface area contributed by atoms with Crippen LogP contribution in [0.3, 0.4) is 0 Å². The SMILES string of the molecule is NN=CNc1cccc(C(=O)NCc2cccc(CC(=O)O)c2)c1. The van der Waals surface area contributed by atoms with Crippen LogP contribution in [0.25, 0.3) is 0 Å². The molecule has 0 atom stereocenters. The minimum absolute atomic E-state index is 0.0435. The van der Waals surface area contributed by atoms with Gasteiger partial charge in [0.25, 0.3) is 5.91 Å². The molecule has 0 aromatic heterocycles. The number of hydrogen-bond donors (Lipinski definition) is 4. The van der Waals surface area contributed by atoms with Crippen molar-refractivity contribution in [3.63, 3.8) is 0 Å². The highest BCUT2D eigenvalue weighted by Gasteiger charge is 2.07. The lowest BCUT2D eigenvalue weighted by molar-refractivity contribution is -0.136. The van der Waals surface area contributed by atoms with E-state index in [0.29, 0.717) is 23.4 Å². The van der Waals surface area contributed by atoms with E-state index in [1.165, 1.54) is 6.34 Å². The number of carbonyl (C=O) groups excluding carboxylic acids is 1. The number of anilines is 1. The van der Waals surface area contributed by atoms with Crippen LogP contribution in [0.5, 0.6) is 0 Å². The van der Waals surface area contributed by atoms with E-state index in [1.807, 2.05) is 6.07 Å². The summed E-state index contributed by atoms with van der Waals surface area (Å²) >= 11 is 0. The largest absolute Gasteiger partial charge is 0.481 e. The Labute approximate surface area is 139 Å². The highest BCUT2D eigenvalue weighted by molar-refractivity contribution is 5.95. The molecule has 2 aromatic rings. The first kappa shape index (κ1) is 17.0. The van der Waals surface area contributed by atoms with E-state index >= 15 is 0 Å². The van der Waals surface area contributed by atoms with Gasteiger partial charge in [0.05, 0.1) is 6.42 Å². The van der Waals surface area contributed by atoms with Crippen LogP contribution in [-0.4, -0.2) is 23.3 Å². The Morgan fingerprint density at radius 1 is 1.12 bits per heavy atom. The maximum Gasteiger partial charge on any atom is 0.307 e. The number of carboxylic acid groups (broad SMARTS) is 1. The summed E-state index contributed by atoms with van der Waals surface area (Å²) in [5.74, 6) is 3.90. The first-order valence-corrected chi connectivity index (χ1v) is 7.24. The molecule has 2 aromatic carbocycles. The van der Waals surface area contributed by atoms with Crippen LogP contribution >= 0.6 is 0 Å². The van der Waals surface area contributed by atoms with Crippen molar-refractivity contribution >= 4 is 23.9 Å². The molecule has 0 bridgehead atoms. The van der Waals surface area contributed by atoms with Gasteiger partial charge in [0, 0.05) is 17.8 Å². The van der Waals surface area contributed by atoms with Crippen LogP contribution in [0.1, 0.15) is 21.5 Å². The molecule has 0 spiro atoms. The Bertz CT molecular complexity index is 759. The fourth-order valence-corrected chi connectivity index (χ4v) is 2.17. The summed E-state index contributed by atoms with van der Waals surface area (Å²) in [4.78, 5) is 23.0. The predicted octanol–water partition coefficient (Wildman–Crippen LogP) is 1.56. The molecule has 0 unspecified atom stereocenters. The Balaban J connectivity index is 1.99. The summed E-state index contributed by atoms with van der Waals surface area (Å²) < 4.78 is 0. The number of benzene rings is 2. The number of carbonyl (C=O) groups is 2. The number of carboxylic acids is 1. The predicted molar refractivity (Wildman–Crippen MR) is 91.7 cm³/mol. The number of hydrogen-bond acceptors (Lipinski definition) is 4. The van der Waals surface area contributed by atoms with Gasteiger partial charge in [-0.05, 0) is 29.3 Å². The lowest BCUT2D eigenvalue weighted by Gasteiger charge is -2.08. The molecule has 0 aliphatic rings. The standard InChI is InChI=1S/C17H18N4O3/c18-21-11-20-15-6-2-5-14(9-15)17(24)19-10-13-4-1-3-12(7-13)8-16(22)23/h1-7,9,11H,8,10,18H2,(H,19,24)(H,20,21)(H,22,23). The van der Waals surface area contributed by atoms with Crippen LogP contribution in [0.15, 0.2) is 53.6 Å². The second kappa shape index (κ2) is 8.33. The van der Waals surface area contributed by atoms with Crippen LogP contribution < -0.4 is 16.5 Å². The second-order valence-electron chi connectivity index (χ2n) is 5.08. The maximum absolute atomic E-state index is 12.2. The van der Waals surface area contributed by atoms with Gasteiger partial charge in [0.2, 0.25) is 0 Å². The maximum atomic E-state index is 12.2. The van der Waals surface area contributed by atoms with E-state index < -0.39 is 5.97 Å². The van der Waals surface area contributed by atoms with Gasteiger partial charge in [-0.2, -0.15) is 5.10 Å². The normalized spacial score (nSPS) is 10.5. The second-order valence-corrected chi connectivity index (χ2v) is 5.08. The number of amides is 1. The van der Waals surface area contributed by atoms with E-state index in [1.54, 1.807) is 42.5 Å². The van der Waals surface area contributed by atoms with E-state index in [2.05, 4.69) is 15.7 Å². The number of hydrazone groups is 1. The zero-order chi connectivity index (χ0) is 17.4. The molecule has 0 aliphatic carbocycles. The minimum Gasteiger partial charge on any atom is -0.481 e. The van der Waals surface area contributed by atoms with Gasteiger partial charge in [-0.25, -0.2) is 0 Å². The smallest absolute Gasteiger partial charge is 0.307 e. The molecule has 7 heteroatoms. The molecule has 0 saturated heterocycles. The van der Waals surface area contributed by atoms with Gasteiger partial charge in [-0.3, -0.25) is 9.59 Å². The molecular weight excluding hydrogens is 308 g/mol. The van der Waals surface area contributed by atoms with Crippen molar-refractivity contribution in [2.24, 2.45) is 10.9 Å². The van der Waals surface area contributed by atoms with Crippen molar-refractivity contribution in [2.75, 3.05) is 5.32 Å². The molecular formula is C17H18N4O3. The summed E-state index contributed by atoms with van der Waals surface area (Å²) in [5.41, 5.74) is 2.72. The number of aliphatic carboxylic acids is 1. The molecule has 124 valence electrons. The van der Waals surface area contributed by atoms with Crippen molar-refractivity contribution in [2.45, 2.75) is 13.0 Å². The molecule has 7 nitrogen and oxygen atoms in total. The van der Waals surface area contributed by atoms with Crippen molar-refractivity contribution in [1.82, 2.24) is 5.32 Å². The molecule has 24 heavy (non-hydrogen) atoms. The summed E-state index contributed by atoms with van der Waals surface area (Å²) in [7, 11) is 0. The van der Waals surface area contributed by atoms with Crippen LogP contribution in [0.2, 0.25) is 0 Å². The summed E-state index contributed by atoms with van der Waals surface area (Å²) in [5, 5.41) is 17.8. The monoisotopic (exact) mass is 326 g/mol. The highest BCUT2D eigenvalue weighted by Crippen LogP contribution is 2.11. The molecule has 2 rings (SSSR count). The average Bonchev–Trinajstić information content (AvgIpc) is 2.58. The van der Waals surface area contributed by atoms with Crippen LogP contribution in [-0.2, 0) is 17.8 Å². The first-order chi connectivity index (χ1) is 11.6. The number of nitrogens with zero attached hydrogens (tertiary/aromatic N) is 1. The van der Waals surface area contributed by atoms with Gasteiger partial charge < -0.3 is 21.6 Å². The van der Waals surface area contributed by atoms with Gasteiger partial charge in [0.15, 0.2) is 0 Å². The van der Waals surface area contributed by atoms with E-state index in [-0.39, 0.29) is 12.3 Å². The quantitative estimate of drug-likeness (QED) is 0.267. The van der Waals surface area contributed by atoms with E-state index in [4.69, 9.17) is 10.9 Å². The van der Waals surface area contributed by atoms with Crippen LogP contribution in [0.4, 0.5) is 5.69 Å². The highest BCUT2D eigenvalue weighted by atomic mass is 16.4. The van der Waals surface area contributed by atoms with Crippen molar-refractivity contribution in [3.8, 4) is 0 Å². The molecule has 0 radical (unpaired) electrons. The molecule has 0 aliphatic heterocycles. The third-order valence-electron chi connectivity index (χ3n) is 3.23. The van der Waals surface area contributed by atoms with Crippen molar-refractivity contribution < 1.29 is 14.7 Å². The summed E-state index contributed by atoms with van der Waals surface area (Å²) in [6.45, 7) is 0.314. The van der Waals surface area contributed by atoms with Gasteiger partial charge in [-0.1, -0.05) is 30.3 Å². The van der Waals surface area contributed by atoms with E-state index in [0.717, 1.165) is 5.56 Å². The fraction of sp³-hybridized carbons (Fsp3) is 0.118. The average molecular weight is 326 g/mol.